The molecule has 1 aromatic heterocycles. The van der Waals surface area contributed by atoms with E-state index in [4.69, 9.17) is 4.74 Å². The summed E-state index contributed by atoms with van der Waals surface area (Å²) in [6.07, 6.45) is 3.68. The second-order valence-corrected chi connectivity index (χ2v) is 5.44. The van der Waals surface area contributed by atoms with E-state index in [1.54, 1.807) is 25.1 Å². The standard InChI is InChI=1S/C13H12BrNOS/c1-16-12-3-2-4-13(6-12)17-9-10-5-11(14)8-15-7-10/h2-8H,9H2,1H3. The molecule has 88 valence electrons. The molecule has 17 heavy (non-hydrogen) atoms. The van der Waals surface area contributed by atoms with Gasteiger partial charge in [-0.3, -0.25) is 4.98 Å². The van der Waals surface area contributed by atoms with Crippen LogP contribution in [0, 0.1) is 0 Å². The van der Waals surface area contributed by atoms with Crippen molar-refractivity contribution in [2.24, 2.45) is 0 Å². The quantitative estimate of drug-likeness (QED) is 0.792. The number of hydrogen-bond donors (Lipinski definition) is 0. The second-order valence-electron chi connectivity index (χ2n) is 3.48. The van der Waals surface area contributed by atoms with Crippen LogP contribution in [-0.4, -0.2) is 12.1 Å². The van der Waals surface area contributed by atoms with Gasteiger partial charge in [-0.05, 0) is 45.8 Å². The number of ether oxygens (including phenoxy) is 1. The lowest BCUT2D eigenvalue weighted by molar-refractivity contribution is 0.413. The molecule has 0 radical (unpaired) electrons. The first-order valence-electron chi connectivity index (χ1n) is 5.14. The van der Waals surface area contributed by atoms with Crippen molar-refractivity contribution >= 4 is 27.7 Å². The second kappa shape index (κ2) is 6.07. The van der Waals surface area contributed by atoms with E-state index in [1.807, 2.05) is 24.4 Å². The Morgan fingerprint density at radius 3 is 2.94 bits per heavy atom. The number of halogens is 1. The lowest BCUT2D eigenvalue weighted by atomic mass is 10.3. The Morgan fingerprint density at radius 2 is 2.18 bits per heavy atom. The average Bonchev–Trinajstić information content (AvgIpc) is 2.37. The maximum Gasteiger partial charge on any atom is 0.119 e. The summed E-state index contributed by atoms with van der Waals surface area (Å²) >= 11 is 5.19. The van der Waals surface area contributed by atoms with Crippen LogP contribution < -0.4 is 4.74 Å². The Labute approximate surface area is 114 Å². The number of aromatic nitrogens is 1. The van der Waals surface area contributed by atoms with Gasteiger partial charge in [0, 0.05) is 27.5 Å². The monoisotopic (exact) mass is 309 g/mol. The first-order chi connectivity index (χ1) is 8.28. The van der Waals surface area contributed by atoms with E-state index < -0.39 is 0 Å². The summed E-state index contributed by atoms with van der Waals surface area (Å²) in [5.41, 5.74) is 1.20. The molecular formula is C13H12BrNOS. The number of rotatable bonds is 4. The molecule has 0 aliphatic heterocycles. The molecule has 2 aromatic rings. The minimum absolute atomic E-state index is 0.891. The van der Waals surface area contributed by atoms with Gasteiger partial charge in [0.05, 0.1) is 7.11 Å². The third kappa shape index (κ3) is 3.75. The SMILES string of the molecule is COc1cccc(SCc2cncc(Br)c2)c1. The normalized spacial score (nSPS) is 10.2. The topological polar surface area (TPSA) is 22.1 Å². The summed E-state index contributed by atoms with van der Waals surface area (Å²) in [5, 5.41) is 0. The Kier molecular flexibility index (Phi) is 4.45. The molecule has 0 atom stereocenters. The Balaban J connectivity index is 2.02. The third-order valence-electron chi connectivity index (χ3n) is 2.21. The van der Waals surface area contributed by atoms with Crippen LogP contribution in [0.5, 0.6) is 5.75 Å². The van der Waals surface area contributed by atoms with Gasteiger partial charge in [-0.2, -0.15) is 0 Å². The lowest BCUT2D eigenvalue weighted by Crippen LogP contribution is -1.85. The highest BCUT2D eigenvalue weighted by atomic mass is 79.9. The maximum atomic E-state index is 5.19. The van der Waals surface area contributed by atoms with Crippen molar-refractivity contribution in [3.05, 3.63) is 52.8 Å². The van der Waals surface area contributed by atoms with Gasteiger partial charge in [-0.25, -0.2) is 0 Å². The molecular weight excluding hydrogens is 298 g/mol. The van der Waals surface area contributed by atoms with E-state index in [0.717, 1.165) is 16.0 Å². The van der Waals surface area contributed by atoms with Gasteiger partial charge in [0.25, 0.3) is 0 Å². The summed E-state index contributed by atoms with van der Waals surface area (Å²) in [5.74, 6) is 1.79. The van der Waals surface area contributed by atoms with Gasteiger partial charge in [-0.15, -0.1) is 11.8 Å². The van der Waals surface area contributed by atoms with Crippen LogP contribution in [0.2, 0.25) is 0 Å². The highest BCUT2D eigenvalue weighted by Gasteiger charge is 1.99. The highest BCUT2D eigenvalue weighted by molar-refractivity contribution is 9.10. The summed E-state index contributed by atoms with van der Waals surface area (Å²) in [6.45, 7) is 0. The molecule has 0 fully saturated rings. The van der Waals surface area contributed by atoms with Gasteiger partial charge in [0.15, 0.2) is 0 Å². The maximum absolute atomic E-state index is 5.19. The van der Waals surface area contributed by atoms with Crippen LogP contribution in [0.25, 0.3) is 0 Å². The summed E-state index contributed by atoms with van der Waals surface area (Å²) < 4.78 is 6.21. The molecule has 0 bridgehead atoms. The Morgan fingerprint density at radius 1 is 1.29 bits per heavy atom. The van der Waals surface area contributed by atoms with Crippen molar-refractivity contribution in [3.8, 4) is 5.75 Å². The largest absolute Gasteiger partial charge is 0.497 e. The van der Waals surface area contributed by atoms with E-state index in [0.29, 0.717) is 0 Å². The zero-order chi connectivity index (χ0) is 12.1. The number of pyridine rings is 1. The zero-order valence-electron chi connectivity index (χ0n) is 9.39. The van der Waals surface area contributed by atoms with Gasteiger partial charge in [-0.1, -0.05) is 6.07 Å². The fourth-order valence-electron chi connectivity index (χ4n) is 1.39. The molecule has 2 nitrogen and oxygen atoms in total. The molecule has 0 saturated carbocycles. The first-order valence-corrected chi connectivity index (χ1v) is 6.92. The molecule has 0 aliphatic rings. The summed E-state index contributed by atoms with van der Waals surface area (Å²) in [4.78, 5) is 5.34. The Hall–Kier alpha value is -1.00. The van der Waals surface area contributed by atoms with E-state index in [9.17, 15) is 0 Å². The number of methoxy groups -OCH3 is 1. The highest BCUT2D eigenvalue weighted by Crippen LogP contribution is 2.26. The third-order valence-corrected chi connectivity index (χ3v) is 3.71. The van der Waals surface area contributed by atoms with Crippen molar-refractivity contribution in [1.29, 1.82) is 0 Å². The molecule has 1 heterocycles. The molecule has 0 spiro atoms. The van der Waals surface area contributed by atoms with Crippen LogP contribution in [-0.2, 0) is 5.75 Å². The molecule has 4 heteroatoms. The summed E-state index contributed by atoms with van der Waals surface area (Å²) in [7, 11) is 1.68. The van der Waals surface area contributed by atoms with Crippen molar-refractivity contribution in [2.45, 2.75) is 10.6 Å². The molecule has 2 rings (SSSR count). The number of thioether (sulfide) groups is 1. The van der Waals surface area contributed by atoms with Crippen LogP contribution >= 0.6 is 27.7 Å². The zero-order valence-corrected chi connectivity index (χ0v) is 11.8. The molecule has 0 N–H and O–H groups in total. The molecule has 0 aliphatic carbocycles. The van der Waals surface area contributed by atoms with Gasteiger partial charge >= 0.3 is 0 Å². The van der Waals surface area contributed by atoms with E-state index in [1.165, 1.54) is 10.5 Å². The van der Waals surface area contributed by atoms with Gasteiger partial charge in [0.1, 0.15) is 5.75 Å². The fraction of sp³-hybridized carbons (Fsp3) is 0.154. The Bertz CT molecular complexity index is 504. The predicted molar refractivity (Wildman–Crippen MR) is 74.5 cm³/mol. The number of benzene rings is 1. The molecule has 0 amide bonds. The first kappa shape index (κ1) is 12.5. The fourth-order valence-corrected chi connectivity index (χ4v) is 2.67. The van der Waals surface area contributed by atoms with Crippen LogP contribution in [0.15, 0.2) is 52.1 Å². The van der Waals surface area contributed by atoms with Crippen LogP contribution in [0.1, 0.15) is 5.56 Å². The van der Waals surface area contributed by atoms with E-state index >= 15 is 0 Å². The molecule has 1 aromatic carbocycles. The smallest absolute Gasteiger partial charge is 0.119 e. The lowest BCUT2D eigenvalue weighted by Gasteiger charge is -2.04. The summed E-state index contributed by atoms with van der Waals surface area (Å²) in [6, 6.07) is 10.2. The molecule has 0 saturated heterocycles. The number of hydrogen-bond acceptors (Lipinski definition) is 3. The van der Waals surface area contributed by atoms with Crippen LogP contribution in [0.4, 0.5) is 0 Å². The van der Waals surface area contributed by atoms with E-state index in [-0.39, 0.29) is 0 Å². The number of nitrogens with zero attached hydrogens (tertiary/aromatic N) is 1. The van der Waals surface area contributed by atoms with Crippen molar-refractivity contribution in [1.82, 2.24) is 4.98 Å². The predicted octanol–water partition coefficient (Wildman–Crippen LogP) is 4.15. The van der Waals surface area contributed by atoms with Crippen molar-refractivity contribution in [3.63, 3.8) is 0 Å². The van der Waals surface area contributed by atoms with Crippen LogP contribution in [0.3, 0.4) is 0 Å². The minimum atomic E-state index is 0.891. The average molecular weight is 310 g/mol. The van der Waals surface area contributed by atoms with Crippen molar-refractivity contribution in [2.75, 3.05) is 7.11 Å². The van der Waals surface area contributed by atoms with E-state index in [2.05, 4.69) is 33.0 Å². The van der Waals surface area contributed by atoms with Crippen molar-refractivity contribution < 1.29 is 4.74 Å². The van der Waals surface area contributed by atoms with Gasteiger partial charge in [0.2, 0.25) is 0 Å². The minimum Gasteiger partial charge on any atom is -0.497 e. The van der Waals surface area contributed by atoms with Gasteiger partial charge < -0.3 is 4.74 Å². The molecule has 0 unspecified atom stereocenters.